The summed E-state index contributed by atoms with van der Waals surface area (Å²) < 4.78 is 0. The highest BCUT2D eigenvalue weighted by atomic mass is 35.5. The molecule has 0 spiro atoms. The van der Waals surface area contributed by atoms with Gasteiger partial charge < -0.3 is 10.4 Å². The van der Waals surface area contributed by atoms with Crippen molar-refractivity contribution < 1.29 is 14.7 Å². The first-order valence-electron chi connectivity index (χ1n) is 6.39. The molecule has 2 N–H and O–H groups in total. The largest absolute Gasteiger partial charge is 0.481 e. The van der Waals surface area contributed by atoms with Crippen molar-refractivity contribution in [2.75, 3.05) is 5.32 Å². The van der Waals surface area contributed by atoms with Gasteiger partial charge >= 0.3 is 5.97 Å². The van der Waals surface area contributed by atoms with Crippen LogP contribution >= 0.6 is 11.6 Å². The fourth-order valence-electron chi connectivity index (χ4n) is 1.97. The molecule has 0 fully saturated rings. The number of carboxylic acids is 1. The fraction of sp³-hybridized carbons (Fsp3) is 0.125. The van der Waals surface area contributed by atoms with Gasteiger partial charge in [0.25, 0.3) is 0 Å². The number of hydrogen-bond donors (Lipinski definition) is 2. The van der Waals surface area contributed by atoms with Crippen LogP contribution in [0.3, 0.4) is 0 Å². The average Bonchev–Trinajstić information content (AvgIpc) is 2.43. The lowest BCUT2D eigenvalue weighted by molar-refractivity contribution is -0.136. The summed E-state index contributed by atoms with van der Waals surface area (Å²) in [6.07, 6.45) is 0.00360. The molecule has 0 saturated carbocycles. The van der Waals surface area contributed by atoms with E-state index in [4.69, 9.17) is 16.7 Å². The van der Waals surface area contributed by atoms with Crippen molar-refractivity contribution in [2.24, 2.45) is 0 Å². The van der Waals surface area contributed by atoms with E-state index in [1.54, 1.807) is 42.5 Å². The second-order valence-electron chi connectivity index (χ2n) is 4.54. The Kier molecular flexibility index (Phi) is 4.95. The van der Waals surface area contributed by atoms with Gasteiger partial charge in [-0.25, -0.2) is 0 Å². The zero-order valence-corrected chi connectivity index (χ0v) is 11.9. The van der Waals surface area contributed by atoms with Crippen molar-refractivity contribution in [1.82, 2.24) is 0 Å². The number of nitrogens with one attached hydrogen (secondary N) is 1. The van der Waals surface area contributed by atoms with E-state index in [0.717, 1.165) is 5.56 Å². The number of aliphatic carboxylic acids is 1. The highest BCUT2D eigenvalue weighted by Gasteiger charge is 2.11. The van der Waals surface area contributed by atoms with Gasteiger partial charge in [0.2, 0.25) is 5.91 Å². The van der Waals surface area contributed by atoms with E-state index in [-0.39, 0.29) is 18.7 Å². The van der Waals surface area contributed by atoms with E-state index >= 15 is 0 Å². The smallest absolute Gasteiger partial charge is 0.307 e. The van der Waals surface area contributed by atoms with Gasteiger partial charge in [-0.1, -0.05) is 48.0 Å². The quantitative estimate of drug-likeness (QED) is 0.891. The minimum absolute atomic E-state index is 0.136. The molecule has 1 amide bonds. The molecule has 0 aliphatic rings. The third-order valence-electron chi connectivity index (χ3n) is 2.94. The van der Waals surface area contributed by atoms with Crippen molar-refractivity contribution in [3.8, 4) is 0 Å². The standard InChI is InChI=1S/C16H14ClNO3/c17-13-7-3-1-5-11(13)9-15(19)18-14-8-4-2-6-12(14)10-16(20)21/h1-8H,9-10H2,(H,18,19)(H,20,21). The molecule has 0 bridgehead atoms. The third kappa shape index (κ3) is 4.33. The Morgan fingerprint density at radius 1 is 0.952 bits per heavy atom. The van der Waals surface area contributed by atoms with E-state index in [9.17, 15) is 9.59 Å². The van der Waals surface area contributed by atoms with Crippen LogP contribution in [0.1, 0.15) is 11.1 Å². The molecular weight excluding hydrogens is 290 g/mol. The maximum absolute atomic E-state index is 12.1. The number of carbonyl (C=O) groups excluding carboxylic acids is 1. The predicted molar refractivity (Wildman–Crippen MR) is 81.6 cm³/mol. The zero-order valence-electron chi connectivity index (χ0n) is 11.2. The zero-order chi connectivity index (χ0) is 15.2. The highest BCUT2D eigenvalue weighted by molar-refractivity contribution is 6.31. The van der Waals surface area contributed by atoms with Gasteiger partial charge in [-0.15, -0.1) is 0 Å². The number of para-hydroxylation sites is 1. The van der Waals surface area contributed by atoms with Gasteiger partial charge in [-0.2, -0.15) is 0 Å². The van der Waals surface area contributed by atoms with E-state index < -0.39 is 5.97 Å². The maximum atomic E-state index is 12.1. The summed E-state index contributed by atoms with van der Waals surface area (Å²) in [6.45, 7) is 0. The molecule has 0 aliphatic carbocycles. The van der Waals surface area contributed by atoms with E-state index in [1.807, 2.05) is 6.07 Å². The number of amides is 1. The number of carbonyl (C=O) groups is 2. The van der Waals surface area contributed by atoms with Crippen LogP contribution in [0, 0.1) is 0 Å². The average molecular weight is 304 g/mol. The Balaban J connectivity index is 2.10. The molecule has 108 valence electrons. The Labute approximate surface area is 127 Å². The van der Waals surface area contributed by atoms with Crippen LogP contribution in [0.25, 0.3) is 0 Å². The summed E-state index contributed by atoms with van der Waals surface area (Å²) in [7, 11) is 0. The summed E-state index contributed by atoms with van der Waals surface area (Å²) >= 11 is 6.01. The second-order valence-corrected chi connectivity index (χ2v) is 4.95. The lowest BCUT2D eigenvalue weighted by Gasteiger charge is -2.10. The summed E-state index contributed by atoms with van der Waals surface area (Å²) in [5.41, 5.74) is 1.81. The molecule has 2 rings (SSSR count). The van der Waals surface area contributed by atoms with E-state index in [1.165, 1.54) is 0 Å². The van der Waals surface area contributed by atoms with Crippen LogP contribution in [0.4, 0.5) is 5.69 Å². The molecule has 0 saturated heterocycles. The third-order valence-corrected chi connectivity index (χ3v) is 3.31. The molecule has 0 radical (unpaired) electrons. The maximum Gasteiger partial charge on any atom is 0.307 e. The van der Waals surface area contributed by atoms with Crippen LogP contribution in [-0.4, -0.2) is 17.0 Å². The Morgan fingerprint density at radius 2 is 1.57 bits per heavy atom. The van der Waals surface area contributed by atoms with Crippen LogP contribution in [-0.2, 0) is 22.4 Å². The van der Waals surface area contributed by atoms with Crippen molar-refractivity contribution >= 4 is 29.2 Å². The van der Waals surface area contributed by atoms with Crippen molar-refractivity contribution in [1.29, 1.82) is 0 Å². The first kappa shape index (κ1) is 15.1. The SMILES string of the molecule is O=C(O)Cc1ccccc1NC(=O)Cc1ccccc1Cl. The van der Waals surface area contributed by atoms with Gasteiger partial charge in [0.05, 0.1) is 12.8 Å². The van der Waals surface area contributed by atoms with Crippen LogP contribution < -0.4 is 5.32 Å². The van der Waals surface area contributed by atoms with Crippen molar-refractivity contribution in [3.63, 3.8) is 0 Å². The van der Waals surface area contributed by atoms with Gasteiger partial charge in [-0.3, -0.25) is 9.59 Å². The molecule has 0 aliphatic heterocycles. The molecule has 0 aromatic heterocycles. The van der Waals surface area contributed by atoms with Crippen LogP contribution in [0.5, 0.6) is 0 Å². The Morgan fingerprint density at radius 3 is 2.24 bits per heavy atom. The van der Waals surface area contributed by atoms with Gasteiger partial charge in [0, 0.05) is 10.7 Å². The topological polar surface area (TPSA) is 66.4 Å². The molecular formula is C16H14ClNO3. The number of hydrogen-bond acceptors (Lipinski definition) is 2. The summed E-state index contributed by atoms with van der Waals surface area (Å²) in [5, 5.41) is 12.1. The molecule has 2 aromatic rings. The first-order chi connectivity index (χ1) is 10.1. The lowest BCUT2D eigenvalue weighted by atomic mass is 10.1. The minimum atomic E-state index is -0.942. The summed E-state index contributed by atoms with van der Waals surface area (Å²) in [5.74, 6) is -1.18. The summed E-state index contributed by atoms with van der Waals surface area (Å²) in [6, 6.07) is 14.0. The lowest BCUT2D eigenvalue weighted by Crippen LogP contribution is -2.16. The molecule has 21 heavy (non-hydrogen) atoms. The minimum Gasteiger partial charge on any atom is -0.481 e. The van der Waals surface area contributed by atoms with E-state index in [2.05, 4.69) is 5.32 Å². The number of halogens is 1. The van der Waals surface area contributed by atoms with Gasteiger partial charge in [0.1, 0.15) is 0 Å². The van der Waals surface area contributed by atoms with Crippen molar-refractivity contribution in [3.05, 3.63) is 64.7 Å². The number of anilines is 1. The molecule has 0 atom stereocenters. The molecule has 0 heterocycles. The Bertz CT molecular complexity index is 670. The van der Waals surface area contributed by atoms with Gasteiger partial charge in [-0.05, 0) is 23.3 Å². The highest BCUT2D eigenvalue weighted by Crippen LogP contribution is 2.18. The molecule has 4 nitrogen and oxygen atoms in total. The number of rotatable bonds is 5. The molecule has 2 aromatic carbocycles. The van der Waals surface area contributed by atoms with E-state index in [0.29, 0.717) is 16.3 Å². The second kappa shape index (κ2) is 6.90. The number of carboxylic acid groups (broad SMARTS) is 1. The van der Waals surface area contributed by atoms with Crippen molar-refractivity contribution in [2.45, 2.75) is 12.8 Å². The Hall–Kier alpha value is -2.33. The molecule has 0 unspecified atom stereocenters. The van der Waals surface area contributed by atoms with Gasteiger partial charge in [0.15, 0.2) is 0 Å². The number of benzene rings is 2. The monoisotopic (exact) mass is 303 g/mol. The summed E-state index contributed by atoms with van der Waals surface area (Å²) in [4.78, 5) is 22.9. The van der Waals surface area contributed by atoms with Crippen LogP contribution in [0.2, 0.25) is 5.02 Å². The fourth-order valence-corrected chi connectivity index (χ4v) is 2.17. The molecule has 5 heteroatoms. The predicted octanol–water partition coefficient (Wildman–Crippen LogP) is 3.15. The van der Waals surface area contributed by atoms with Crippen LogP contribution in [0.15, 0.2) is 48.5 Å². The first-order valence-corrected chi connectivity index (χ1v) is 6.77. The normalized spacial score (nSPS) is 10.1.